The third-order valence-corrected chi connectivity index (χ3v) is 8.32. The fourth-order valence-electron chi connectivity index (χ4n) is 4.63. The molecule has 0 aromatic carbocycles. The van der Waals surface area contributed by atoms with Gasteiger partial charge in [0.25, 0.3) is 0 Å². The Kier molecular flexibility index (Phi) is 31.9. The van der Waals surface area contributed by atoms with Gasteiger partial charge >= 0.3 is 13.8 Å². The van der Waals surface area contributed by atoms with Crippen LogP contribution in [0.5, 0.6) is 0 Å². The molecular weight excluding hydrogens is 605 g/mol. The first kappa shape index (κ1) is 44.2. The van der Waals surface area contributed by atoms with Gasteiger partial charge in [-0.25, -0.2) is 4.57 Å². The summed E-state index contributed by atoms with van der Waals surface area (Å²) < 4.78 is 26.7. The number of hydrogen-bond donors (Lipinski definition) is 3. The molecule has 2 unspecified atom stereocenters. The first-order chi connectivity index (χ1) is 22.3. The smallest absolute Gasteiger partial charge is 0.463 e. The molecule has 0 aromatic rings. The number of allylic oxidation sites excluding steroid dienone is 6. The lowest BCUT2D eigenvalue weighted by atomic mass is 10.0. The second-order valence-corrected chi connectivity index (χ2v) is 13.3. The molecule has 0 aromatic heterocycles. The Morgan fingerprint density at radius 1 is 0.696 bits per heavy atom. The lowest BCUT2D eigenvalue weighted by Gasteiger charge is -2.15. The Labute approximate surface area is 280 Å². The quantitative estimate of drug-likeness (QED) is 0.0273. The summed E-state index contributed by atoms with van der Waals surface area (Å²) >= 11 is 0. The van der Waals surface area contributed by atoms with Crippen LogP contribution in [0.25, 0.3) is 0 Å². The second-order valence-electron chi connectivity index (χ2n) is 11.8. The number of nitrogens with one attached hydrogen (secondary N) is 1. The summed E-state index contributed by atoms with van der Waals surface area (Å²) in [5.41, 5.74) is 0. The topological polar surface area (TPSA) is 131 Å². The van der Waals surface area contributed by atoms with Crippen molar-refractivity contribution in [3.63, 3.8) is 0 Å². The highest BCUT2D eigenvalue weighted by atomic mass is 31.2. The fourth-order valence-corrected chi connectivity index (χ4v) is 5.39. The summed E-state index contributed by atoms with van der Waals surface area (Å²) in [4.78, 5) is 33.7. The first-order valence-corrected chi connectivity index (χ1v) is 19.5. The summed E-state index contributed by atoms with van der Waals surface area (Å²) in [5.74, 6) is -0.548. The van der Waals surface area contributed by atoms with Gasteiger partial charge in [-0.05, 0) is 44.9 Å². The van der Waals surface area contributed by atoms with Crippen molar-refractivity contribution in [3.8, 4) is 0 Å². The average molecular weight is 672 g/mol. The van der Waals surface area contributed by atoms with Crippen LogP contribution in [0.1, 0.15) is 149 Å². The van der Waals surface area contributed by atoms with Gasteiger partial charge in [0.15, 0.2) is 0 Å². The van der Waals surface area contributed by atoms with E-state index in [9.17, 15) is 24.2 Å². The van der Waals surface area contributed by atoms with Gasteiger partial charge in [0, 0.05) is 19.4 Å². The second kappa shape index (κ2) is 33.1. The highest BCUT2D eigenvalue weighted by Gasteiger charge is 2.23. The molecule has 46 heavy (non-hydrogen) atoms. The molecule has 1 amide bonds. The molecule has 10 heteroatoms. The summed E-state index contributed by atoms with van der Waals surface area (Å²) in [5, 5.41) is 12.6. The lowest BCUT2D eigenvalue weighted by molar-refractivity contribution is -0.147. The Balaban J connectivity index is 3.68. The number of phosphoric acid groups is 1. The number of aliphatic hydroxyl groups excluding tert-OH is 1. The van der Waals surface area contributed by atoms with E-state index in [0.717, 1.165) is 57.8 Å². The summed E-state index contributed by atoms with van der Waals surface area (Å²) in [6.07, 6.45) is 33.6. The highest BCUT2D eigenvalue weighted by Crippen LogP contribution is 2.42. The molecular formula is C36H66NO8P. The molecule has 0 fully saturated rings. The largest absolute Gasteiger partial charge is 0.472 e. The van der Waals surface area contributed by atoms with E-state index in [4.69, 9.17) is 13.8 Å². The Morgan fingerprint density at radius 2 is 1.24 bits per heavy atom. The van der Waals surface area contributed by atoms with Crippen LogP contribution in [0, 0.1) is 0 Å². The van der Waals surface area contributed by atoms with E-state index in [2.05, 4.69) is 55.6 Å². The van der Waals surface area contributed by atoms with Crippen LogP contribution in [0.4, 0.5) is 0 Å². The van der Waals surface area contributed by atoms with Gasteiger partial charge in [-0.2, -0.15) is 0 Å². The van der Waals surface area contributed by atoms with Crippen LogP contribution < -0.4 is 5.32 Å². The third-order valence-electron chi connectivity index (χ3n) is 7.33. The molecule has 0 saturated carbocycles. The summed E-state index contributed by atoms with van der Waals surface area (Å²) in [6, 6.07) is 0. The van der Waals surface area contributed by atoms with Crippen LogP contribution in [-0.2, 0) is 27.9 Å². The molecule has 9 nitrogen and oxygen atoms in total. The van der Waals surface area contributed by atoms with E-state index < -0.39 is 26.5 Å². The Hall–Kier alpha value is -1.77. The van der Waals surface area contributed by atoms with E-state index in [1.807, 2.05) is 0 Å². The number of carbonyl (C=O) groups excluding carboxylic acids is 2. The minimum absolute atomic E-state index is 0.0794. The van der Waals surface area contributed by atoms with Crippen LogP contribution in [0.3, 0.4) is 0 Å². The monoisotopic (exact) mass is 671 g/mol. The molecule has 0 rings (SSSR count). The van der Waals surface area contributed by atoms with Crippen LogP contribution in [-0.4, -0.2) is 54.3 Å². The molecule has 0 saturated heterocycles. The van der Waals surface area contributed by atoms with E-state index in [-0.39, 0.29) is 32.1 Å². The summed E-state index contributed by atoms with van der Waals surface area (Å²) in [7, 11) is -4.41. The van der Waals surface area contributed by atoms with Crippen molar-refractivity contribution >= 4 is 19.7 Å². The van der Waals surface area contributed by atoms with Crippen molar-refractivity contribution < 1.29 is 37.9 Å². The number of amides is 1. The normalized spacial score (nSPS) is 13.9. The van der Waals surface area contributed by atoms with Gasteiger partial charge in [-0.15, -0.1) is 0 Å². The number of ether oxygens (including phenoxy) is 1. The maximum atomic E-state index is 12.0. The molecule has 0 bridgehead atoms. The SMILES string of the molecule is CC/C=C\C/C=C\C/C=C\CCCCCC(=O)OCC(O)COP(=O)(O)OCCNC(=O)CCCCCCCCCCCCCC. The van der Waals surface area contributed by atoms with Gasteiger partial charge in [-0.1, -0.05) is 127 Å². The first-order valence-electron chi connectivity index (χ1n) is 18.0. The summed E-state index contributed by atoms with van der Waals surface area (Å²) in [6.45, 7) is 3.38. The van der Waals surface area contributed by atoms with Crippen molar-refractivity contribution in [2.24, 2.45) is 0 Å². The van der Waals surface area contributed by atoms with Crippen LogP contribution >= 0.6 is 7.82 Å². The van der Waals surface area contributed by atoms with Crippen molar-refractivity contribution in [2.75, 3.05) is 26.4 Å². The predicted octanol–water partition coefficient (Wildman–Crippen LogP) is 9.04. The number of phosphoric ester groups is 1. The molecule has 0 spiro atoms. The fraction of sp³-hybridized carbons (Fsp3) is 0.778. The number of hydrogen-bond acceptors (Lipinski definition) is 7. The van der Waals surface area contributed by atoms with E-state index in [1.165, 1.54) is 57.8 Å². The molecule has 0 aliphatic rings. The van der Waals surface area contributed by atoms with Gasteiger partial charge in [0.1, 0.15) is 12.7 Å². The van der Waals surface area contributed by atoms with E-state index >= 15 is 0 Å². The minimum atomic E-state index is -4.41. The zero-order valence-electron chi connectivity index (χ0n) is 29.0. The lowest BCUT2D eigenvalue weighted by Crippen LogP contribution is -2.27. The molecule has 0 radical (unpaired) electrons. The van der Waals surface area contributed by atoms with Crippen molar-refractivity contribution in [1.82, 2.24) is 5.32 Å². The number of unbranched alkanes of at least 4 members (excludes halogenated alkanes) is 14. The number of rotatable bonds is 33. The van der Waals surface area contributed by atoms with Crippen molar-refractivity contribution in [3.05, 3.63) is 36.5 Å². The Bertz CT molecular complexity index is 861. The number of aliphatic hydroxyl groups is 1. The van der Waals surface area contributed by atoms with E-state index in [1.54, 1.807) is 0 Å². The zero-order valence-corrected chi connectivity index (χ0v) is 29.9. The molecule has 0 aliphatic carbocycles. The molecule has 3 N–H and O–H groups in total. The highest BCUT2D eigenvalue weighted by molar-refractivity contribution is 7.47. The number of carbonyl (C=O) groups is 2. The zero-order chi connectivity index (χ0) is 34.0. The average Bonchev–Trinajstić information content (AvgIpc) is 3.04. The molecule has 2 atom stereocenters. The third kappa shape index (κ3) is 33.6. The van der Waals surface area contributed by atoms with Crippen LogP contribution in [0.2, 0.25) is 0 Å². The van der Waals surface area contributed by atoms with Gasteiger partial charge in [0.05, 0.1) is 13.2 Å². The molecule has 268 valence electrons. The minimum Gasteiger partial charge on any atom is -0.463 e. The van der Waals surface area contributed by atoms with Crippen molar-refractivity contribution in [2.45, 2.75) is 155 Å². The van der Waals surface area contributed by atoms with Gasteiger partial charge in [0.2, 0.25) is 5.91 Å². The van der Waals surface area contributed by atoms with E-state index in [0.29, 0.717) is 12.8 Å². The van der Waals surface area contributed by atoms with Gasteiger partial charge < -0.3 is 20.1 Å². The standard InChI is InChI=1S/C36H66NO8P/c1-3-5-7-9-11-13-15-17-19-21-23-25-27-29-36(40)43-32-34(38)33-45-46(41,42)44-31-30-37-35(39)28-26-24-22-20-18-16-14-12-10-8-6-4-2/h5,7,11,13,17,19,34,38H,3-4,6,8-10,12,14-16,18,20-33H2,1-2H3,(H,37,39)(H,41,42)/b7-5-,13-11-,19-17-. The molecule has 0 heterocycles. The maximum Gasteiger partial charge on any atom is 0.472 e. The number of esters is 1. The van der Waals surface area contributed by atoms with Crippen molar-refractivity contribution in [1.29, 1.82) is 0 Å². The van der Waals surface area contributed by atoms with Gasteiger partial charge in [-0.3, -0.25) is 18.6 Å². The van der Waals surface area contributed by atoms with Crippen LogP contribution in [0.15, 0.2) is 36.5 Å². The molecule has 0 aliphatic heterocycles. The maximum absolute atomic E-state index is 12.0. The predicted molar refractivity (Wildman–Crippen MR) is 187 cm³/mol. The Morgan fingerprint density at radius 3 is 1.87 bits per heavy atom.